The molecule has 0 aliphatic carbocycles. The van der Waals surface area contributed by atoms with Gasteiger partial charge in [0.15, 0.2) is 0 Å². The number of hydrogen-bond acceptors (Lipinski definition) is 4. The summed E-state index contributed by atoms with van der Waals surface area (Å²) >= 11 is 0. The lowest BCUT2D eigenvalue weighted by molar-refractivity contribution is -0.138. The van der Waals surface area contributed by atoms with Gasteiger partial charge in [0.1, 0.15) is 5.71 Å². The van der Waals surface area contributed by atoms with Gasteiger partial charge in [-0.2, -0.15) is 0 Å². The second-order valence-corrected chi connectivity index (χ2v) is 4.49. The number of rotatable bonds is 7. The first-order chi connectivity index (χ1) is 7.86. The Morgan fingerprint density at radius 3 is 2.35 bits per heavy atom. The number of carboxylic acids is 1. The lowest BCUT2D eigenvalue weighted by Gasteiger charge is -2.17. The van der Waals surface area contributed by atoms with E-state index in [1.807, 2.05) is 13.8 Å². The van der Waals surface area contributed by atoms with Gasteiger partial charge >= 0.3 is 5.97 Å². The highest BCUT2D eigenvalue weighted by Gasteiger charge is 2.16. The Labute approximate surface area is 101 Å². The molecule has 98 valence electrons. The van der Waals surface area contributed by atoms with Gasteiger partial charge in [-0.05, 0) is 25.2 Å². The minimum absolute atomic E-state index is 0.0216. The molecule has 0 heterocycles. The van der Waals surface area contributed by atoms with Gasteiger partial charge in [-0.3, -0.25) is 9.59 Å². The van der Waals surface area contributed by atoms with E-state index in [4.69, 9.17) is 10.3 Å². The standard InChI is InChI=1S/C11H20N2O4/c1-7(2)4-9(5-10(14)15)6-12-11(16)8(3)13-17/h7,9,17H,4-6H2,1-3H3,(H,12,16)(H,14,15)/t9-/m0/s1. The molecule has 0 saturated heterocycles. The number of carbonyl (C=O) groups is 2. The van der Waals surface area contributed by atoms with E-state index in [2.05, 4.69) is 10.5 Å². The van der Waals surface area contributed by atoms with Crippen LogP contribution in [0.2, 0.25) is 0 Å². The number of carboxylic acid groups (broad SMARTS) is 1. The van der Waals surface area contributed by atoms with Crippen molar-refractivity contribution in [2.75, 3.05) is 6.54 Å². The van der Waals surface area contributed by atoms with Crippen molar-refractivity contribution < 1.29 is 19.9 Å². The highest BCUT2D eigenvalue weighted by Crippen LogP contribution is 2.14. The molecule has 1 atom stereocenters. The molecule has 0 saturated carbocycles. The highest BCUT2D eigenvalue weighted by atomic mass is 16.4. The van der Waals surface area contributed by atoms with Gasteiger partial charge < -0.3 is 15.6 Å². The van der Waals surface area contributed by atoms with Gasteiger partial charge in [0.2, 0.25) is 0 Å². The third-order valence-electron chi connectivity index (χ3n) is 2.30. The zero-order chi connectivity index (χ0) is 13.4. The molecular formula is C11H20N2O4. The molecule has 0 aliphatic rings. The third kappa shape index (κ3) is 7.32. The Hall–Kier alpha value is -1.59. The summed E-state index contributed by atoms with van der Waals surface area (Å²) in [5, 5.41) is 22.5. The van der Waals surface area contributed by atoms with Crippen molar-refractivity contribution >= 4 is 17.6 Å². The molecule has 0 aromatic rings. The molecule has 0 rings (SSSR count). The van der Waals surface area contributed by atoms with Crippen molar-refractivity contribution in [1.29, 1.82) is 0 Å². The van der Waals surface area contributed by atoms with E-state index in [0.29, 0.717) is 5.92 Å². The van der Waals surface area contributed by atoms with Crippen molar-refractivity contribution in [3.63, 3.8) is 0 Å². The average molecular weight is 244 g/mol. The molecule has 0 radical (unpaired) electrons. The topological polar surface area (TPSA) is 99.0 Å². The molecule has 6 nitrogen and oxygen atoms in total. The lowest BCUT2D eigenvalue weighted by atomic mass is 9.94. The van der Waals surface area contributed by atoms with Crippen LogP contribution in [0.25, 0.3) is 0 Å². The number of carbonyl (C=O) groups excluding carboxylic acids is 1. The van der Waals surface area contributed by atoms with E-state index in [9.17, 15) is 9.59 Å². The molecule has 0 bridgehead atoms. The quantitative estimate of drug-likeness (QED) is 0.354. The largest absolute Gasteiger partial charge is 0.481 e. The second-order valence-electron chi connectivity index (χ2n) is 4.49. The predicted octanol–water partition coefficient (Wildman–Crippen LogP) is 1.09. The Kier molecular flexibility index (Phi) is 6.93. The zero-order valence-electron chi connectivity index (χ0n) is 10.4. The molecular weight excluding hydrogens is 224 g/mol. The van der Waals surface area contributed by atoms with Crippen LogP contribution in [0.1, 0.15) is 33.6 Å². The second kappa shape index (κ2) is 7.65. The summed E-state index contributed by atoms with van der Waals surface area (Å²) in [7, 11) is 0. The van der Waals surface area contributed by atoms with Crippen molar-refractivity contribution in [3.8, 4) is 0 Å². The maximum absolute atomic E-state index is 11.3. The minimum Gasteiger partial charge on any atom is -0.481 e. The van der Waals surface area contributed by atoms with Crippen LogP contribution in [-0.2, 0) is 9.59 Å². The van der Waals surface area contributed by atoms with E-state index in [0.717, 1.165) is 6.42 Å². The molecule has 0 aromatic heterocycles. The molecule has 0 aliphatic heterocycles. The van der Waals surface area contributed by atoms with Crippen molar-refractivity contribution in [3.05, 3.63) is 0 Å². The van der Waals surface area contributed by atoms with Gasteiger partial charge in [-0.1, -0.05) is 19.0 Å². The molecule has 0 spiro atoms. The van der Waals surface area contributed by atoms with Crippen molar-refractivity contribution in [2.24, 2.45) is 17.0 Å². The van der Waals surface area contributed by atoms with Crippen molar-refractivity contribution in [1.82, 2.24) is 5.32 Å². The summed E-state index contributed by atoms with van der Waals surface area (Å²) in [6.45, 7) is 5.65. The number of amides is 1. The van der Waals surface area contributed by atoms with E-state index in [1.165, 1.54) is 6.92 Å². The summed E-state index contributed by atoms with van der Waals surface area (Å²) in [4.78, 5) is 22.0. The Morgan fingerprint density at radius 2 is 1.94 bits per heavy atom. The van der Waals surface area contributed by atoms with E-state index < -0.39 is 11.9 Å². The van der Waals surface area contributed by atoms with Gasteiger partial charge in [-0.15, -0.1) is 0 Å². The monoisotopic (exact) mass is 244 g/mol. The van der Waals surface area contributed by atoms with Crippen LogP contribution >= 0.6 is 0 Å². The van der Waals surface area contributed by atoms with E-state index in [1.54, 1.807) is 0 Å². The van der Waals surface area contributed by atoms with Gasteiger partial charge in [0.25, 0.3) is 5.91 Å². The molecule has 3 N–H and O–H groups in total. The first-order valence-corrected chi connectivity index (χ1v) is 5.55. The first-order valence-electron chi connectivity index (χ1n) is 5.55. The van der Waals surface area contributed by atoms with Crippen LogP contribution < -0.4 is 5.32 Å². The zero-order valence-corrected chi connectivity index (χ0v) is 10.4. The predicted molar refractivity (Wildman–Crippen MR) is 63.1 cm³/mol. The van der Waals surface area contributed by atoms with Crippen LogP contribution in [0, 0.1) is 11.8 Å². The summed E-state index contributed by atoms with van der Waals surface area (Å²) < 4.78 is 0. The summed E-state index contributed by atoms with van der Waals surface area (Å²) in [6.07, 6.45) is 0.746. The number of nitrogens with zero attached hydrogens (tertiary/aromatic N) is 1. The summed E-state index contributed by atoms with van der Waals surface area (Å²) in [6, 6.07) is 0. The van der Waals surface area contributed by atoms with Crippen LogP contribution in [0.4, 0.5) is 0 Å². The average Bonchev–Trinajstić information content (AvgIpc) is 2.22. The Bertz CT molecular complexity index is 300. The van der Waals surface area contributed by atoms with Crippen LogP contribution in [0.3, 0.4) is 0 Å². The molecule has 0 fully saturated rings. The Morgan fingerprint density at radius 1 is 1.35 bits per heavy atom. The number of hydrogen-bond donors (Lipinski definition) is 3. The Balaban J connectivity index is 4.24. The van der Waals surface area contributed by atoms with E-state index >= 15 is 0 Å². The molecule has 1 amide bonds. The maximum atomic E-state index is 11.3. The highest BCUT2D eigenvalue weighted by molar-refractivity contribution is 6.37. The fourth-order valence-corrected chi connectivity index (χ4v) is 1.56. The molecule has 6 heteroatoms. The molecule has 17 heavy (non-hydrogen) atoms. The third-order valence-corrected chi connectivity index (χ3v) is 2.30. The fraction of sp³-hybridized carbons (Fsp3) is 0.727. The van der Waals surface area contributed by atoms with Crippen LogP contribution in [-0.4, -0.2) is 34.4 Å². The van der Waals surface area contributed by atoms with Gasteiger partial charge in [0.05, 0.1) is 0 Å². The van der Waals surface area contributed by atoms with Gasteiger partial charge in [-0.25, -0.2) is 0 Å². The normalized spacial score (nSPS) is 13.5. The van der Waals surface area contributed by atoms with Gasteiger partial charge in [0, 0.05) is 13.0 Å². The number of nitrogens with one attached hydrogen (secondary N) is 1. The van der Waals surface area contributed by atoms with Crippen molar-refractivity contribution in [2.45, 2.75) is 33.6 Å². The SMILES string of the molecule is CC(=NO)C(=O)NC[C@H](CC(=O)O)CC(C)C. The summed E-state index contributed by atoms with van der Waals surface area (Å²) in [5.41, 5.74) is -0.0383. The number of oxime groups is 1. The molecule has 0 unspecified atom stereocenters. The maximum Gasteiger partial charge on any atom is 0.303 e. The lowest BCUT2D eigenvalue weighted by Crippen LogP contribution is -2.34. The number of aliphatic carboxylic acids is 1. The van der Waals surface area contributed by atoms with Crippen LogP contribution in [0.15, 0.2) is 5.16 Å². The fourth-order valence-electron chi connectivity index (χ4n) is 1.56. The molecule has 0 aromatic carbocycles. The smallest absolute Gasteiger partial charge is 0.303 e. The first kappa shape index (κ1) is 15.4. The van der Waals surface area contributed by atoms with Crippen LogP contribution in [0.5, 0.6) is 0 Å². The minimum atomic E-state index is -0.877. The summed E-state index contributed by atoms with van der Waals surface area (Å²) in [5.74, 6) is -1.10. The van der Waals surface area contributed by atoms with E-state index in [-0.39, 0.29) is 24.6 Å².